The Morgan fingerprint density at radius 1 is 1.37 bits per heavy atom. The smallest absolute Gasteiger partial charge is 0.312 e. The molecule has 1 saturated carbocycles. The van der Waals surface area contributed by atoms with Crippen LogP contribution in [0, 0.1) is 0 Å². The van der Waals surface area contributed by atoms with Gasteiger partial charge < -0.3 is 4.74 Å². The van der Waals surface area contributed by atoms with Crippen LogP contribution in [0.3, 0.4) is 0 Å². The van der Waals surface area contributed by atoms with Crippen molar-refractivity contribution in [1.82, 2.24) is 9.78 Å². The Morgan fingerprint density at radius 3 is 2.95 bits per heavy atom. The van der Waals surface area contributed by atoms with Crippen LogP contribution < -0.4 is 0 Å². The summed E-state index contributed by atoms with van der Waals surface area (Å²) in [4.78, 5) is 16.2. The lowest BCUT2D eigenvalue weighted by Gasteiger charge is -2.32. The molecule has 2 aliphatic rings. The average Bonchev–Trinajstić information content (AvgIpc) is 3.00. The molecule has 5 heteroatoms. The van der Waals surface area contributed by atoms with Crippen LogP contribution in [0.15, 0.2) is 23.5 Å². The van der Waals surface area contributed by atoms with Gasteiger partial charge in [0.05, 0.1) is 25.2 Å². The van der Waals surface area contributed by atoms with Gasteiger partial charge in [-0.1, -0.05) is 6.42 Å². The highest BCUT2D eigenvalue weighted by atomic mass is 16.6. The molecule has 3 rings (SSSR count). The number of aromatic nitrogens is 2. The molecule has 0 radical (unpaired) electrons. The lowest BCUT2D eigenvalue weighted by atomic mass is 9.81. The summed E-state index contributed by atoms with van der Waals surface area (Å²) in [5, 5.41) is 4.15. The molecule has 2 heterocycles. The van der Waals surface area contributed by atoms with E-state index in [-0.39, 0.29) is 11.6 Å². The van der Waals surface area contributed by atoms with Gasteiger partial charge in [0.1, 0.15) is 0 Å². The SMILES string of the molecule is O=C1CC(=NCCn2cccn2)C2(CCCCC2)O1. The highest BCUT2D eigenvalue weighted by molar-refractivity contribution is 6.09. The molecule has 5 nitrogen and oxygen atoms in total. The van der Waals surface area contributed by atoms with E-state index in [0.29, 0.717) is 13.0 Å². The number of hydrogen-bond acceptors (Lipinski definition) is 4. The lowest BCUT2D eigenvalue weighted by molar-refractivity contribution is -0.148. The van der Waals surface area contributed by atoms with Crippen molar-refractivity contribution in [2.45, 2.75) is 50.7 Å². The van der Waals surface area contributed by atoms with Crippen molar-refractivity contribution < 1.29 is 9.53 Å². The van der Waals surface area contributed by atoms with Gasteiger partial charge in [0, 0.05) is 12.4 Å². The van der Waals surface area contributed by atoms with Crippen LogP contribution in [0.5, 0.6) is 0 Å². The van der Waals surface area contributed by atoms with Gasteiger partial charge >= 0.3 is 5.97 Å². The Hall–Kier alpha value is -1.65. The van der Waals surface area contributed by atoms with Crippen LogP contribution in [0.1, 0.15) is 38.5 Å². The zero-order valence-electron chi connectivity index (χ0n) is 11.0. The molecule has 0 N–H and O–H groups in total. The summed E-state index contributed by atoms with van der Waals surface area (Å²) in [5.41, 5.74) is 0.601. The van der Waals surface area contributed by atoms with Gasteiger partial charge in [-0.05, 0) is 31.7 Å². The van der Waals surface area contributed by atoms with E-state index in [9.17, 15) is 4.79 Å². The largest absolute Gasteiger partial charge is 0.453 e. The third-order valence-electron chi connectivity index (χ3n) is 4.00. The summed E-state index contributed by atoms with van der Waals surface area (Å²) in [6, 6.07) is 1.90. The molecule has 0 amide bonds. The zero-order valence-corrected chi connectivity index (χ0v) is 11.0. The van der Waals surface area contributed by atoms with Crippen LogP contribution in [-0.2, 0) is 16.1 Å². The van der Waals surface area contributed by atoms with Gasteiger partial charge in [-0.15, -0.1) is 0 Å². The first-order valence-electron chi connectivity index (χ1n) is 7.02. The van der Waals surface area contributed by atoms with Crippen molar-refractivity contribution >= 4 is 11.7 Å². The van der Waals surface area contributed by atoms with E-state index in [2.05, 4.69) is 10.1 Å². The molecule has 0 bridgehead atoms. The molecule has 0 unspecified atom stereocenters. The van der Waals surface area contributed by atoms with E-state index in [0.717, 1.165) is 37.9 Å². The minimum Gasteiger partial charge on any atom is -0.453 e. The van der Waals surface area contributed by atoms with Crippen LogP contribution in [0.4, 0.5) is 0 Å². The van der Waals surface area contributed by atoms with Crippen LogP contribution in [-0.4, -0.2) is 33.6 Å². The predicted molar refractivity (Wildman–Crippen MR) is 71.1 cm³/mol. The molecule has 1 saturated heterocycles. The molecule has 1 aromatic heterocycles. The number of carbonyl (C=O) groups excluding carboxylic acids is 1. The van der Waals surface area contributed by atoms with Crippen molar-refractivity contribution in [2.75, 3.05) is 6.54 Å². The fourth-order valence-corrected chi connectivity index (χ4v) is 3.04. The van der Waals surface area contributed by atoms with E-state index in [4.69, 9.17) is 4.74 Å². The molecule has 1 aliphatic carbocycles. The molecule has 1 aliphatic heterocycles. The number of nitrogens with zero attached hydrogens (tertiary/aromatic N) is 3. The second kappa shape index (κ2) is 5.15. The first-order chi connectivity index (χ1) is 9.28. The molecular formula is C14H19N3O2. The van der Waals surface area contributed by atoms with E-state index in [1.54, 1.807) is 6.20 Å². The Kier molecular flexibility index (Phi) is 3.36. The summed E-state index contributed by atoms with van der Waals surface area (Å²) >= 11 is 0. The molecule has 19 heavy (non-hydrogen) atoms. The van der Waals surface area contributed by atoms with Gasteiger partial charge in [0.15, 0.2) is 5.60 Å². The summed E-state index contributed by atoms with van der Waals surface area (Å²) in [6.45, 7) is 1.41. The third kappa shape index (κ3) is 2.55. The number of ether oxygens (including phenoxy) is 1. The Labute approximate surface area is 112 Å². The molecule has 1 aromatic rings. The minimum absolute atomic E-state index is 0.111. The lowest BCUT2D eigenvalue weighted by Crippen LogP contribution is -2.38. The number of aliphatic imine (C=N–C) groups is 1. The fraction of sp³-hybridized carbons (Fsp3) is 0.643. The van der Waals surface area contributed by atoms with Crippen LogP contribution in [0.25, 0.3) is 0 Å². The van der Waals surface area contributed by atoms with Crippen LogP contribution >= 0.6 is 0 Å². The van der Waals surface area contributed by atoms with E-state index in [1.807, 2.05) is 16.9 Å². The highest BCUT2D eigenvalue weighted by Crippen LogP contribution is 2.38. The maximum atomic E-state index is 11.6. The van der Waals surface area contributed by atoms with Gasteiger partial charge in [-0.25, -0.2) is 0 Å². The minimum atomic E-state index is -0.362. The number of rotatable bonds is 3. The van der Waals surface area contributed by atoms with E-state index in [1.165, 1.54) is 6.42 Å². The fourth-order valence-electron chi connectivity index (χ4n) is 3.04. The Bertz CT molecular complexity index is 473. The van der Waals surface area contributed by atoms with E-state index < -0.39 is 0 Å². The van der Waals surface area contributed by atoms with Crippen molar-refractivity contribution in [1.29, 1.82) is 0 Å². The number of esters is 1. The molecule has 0 atom stereocenters. The second-order valence-electron chi connectivity index (χ2n) is 5.30. The molecule has 1 spiro atoms. The first-order valence-corrected chi connectivity index (χ1v) is 7.02. The molecule has 102 valence electrons. The normalized spacial score (nSPS) is 24.0. The predicted octanol–water partition coefficient (Wildman–Crippen LogP) is 1.97. The molecular weight excluding hydrogens is 242 g/mol. The van der Waals surface area contributed by atoms with Gasteiger partial charge in [0.25, 0.3) is 0 Å². The number of hydrogen-bond donors (Lipinski definition) is 0. The zero-order chi connectivity index (χ0) is 13.1. The summed E-state index contributed by atoms with van der Waals surface area (Å²) < 4.78 is 7.45. The highest BCUT2D eigenvalue weighted by Gasteiger charge is 2.46. The summed E-state index contributed by atoms with van der Waals surface area (Å²) in [5.74, 6) is -0.111. The standard InChI is InChI=1S/C14H19N3O2/c18-13-11-12(14(19-13)5-2-1-3-6-14)15-8-10-17-9-4-7-16-17/h4,7,9H,1-3,5-6,8,10-11H2. The summed E-state index contributed by atoms with van der Waals surface area (Å²) in [6.07, 6.45) is 9.44. The maximum Gasteiger partial charge on any atom is 0.312 e. The Balaban J connectivity index is 1.68. The summed E-state index contributed by atoms with van der Waals surface area (Å²) in [7, 11) is 0. The topological polar surface area (TPSA) is 56.5 Å². The van der Waals surface area contributed by atoms with Gasteiger partial charge in [-0.3, -0.25) is 14.5 Å². The van der Waals surface area contributed by atoms with Gasteiger partial charge in [0.2, 0.25) is 0 Å². The van der Waals surface area contributed by atoms with Crippen molar-refractivity contribution in [3.8, 4) is 0 Å². The monoisotopic (exact) mass is 261 g/mol. The van der Waals surface area contributed by atoms with Crippen molar-refractivity contribution in [3.63, 3.8) is 0 Å². The van der Waals surface area contributed by atoms with E-state index >= 15 is 0 Å². The number of carbonyl (C=O) groups is 1. The van der Waals surface area contributed by atoms with Crippen molar-refractivity contribution in [3.05, 3.63) is 18.5 Å². The maximum absolute atomic E-state index is 11.6. The van der Waals surface area contributed by atoms with Crippen molar-refractivity contribution in [2.24, 2.45) is 4.99 Å². The molecule has 2 fully saturated rings. The molecule has 0 aromatic carbocycles. The average molecular weight is 261 g/mol. The van der Waals surface area contributed by atoms with Gasteiger partial charge in [-0.2, -0.15) is 5.10 Å². The Morgan fingerprint density at radius 2 is 2.21 bits per heavy atom. The first kappa shape index (κ1) is 12.4. The second-order valence-corrected chi connectivity index (χ2v) is 5.30. The third-order valence-corrected chi connectivity index (χ3v) is 4.00. The van der Waals surface area contributed by atoms with Crippen LogP contribution in [0.2, 0.25) is 0 Å². The quantitative estimate of drug-likeness (QED) is 0.782.